The van der Waals surface area contributed by atoms with Gasteiger partial charge in [-0.25, -0.2) is 0 Å². The Kier molecular flexibility index (Phi) is 4.84. The first-order chi connectivity index (χ1) is 10.8. The molecule has 1 aliphatic heterocycles. The molecular weight excluding hydrogens is 306 g/mol. The van der Waals surface area contributed by atoms with Crippen LogP contribution in [0, 0.1) is 5.92 Å². The van der Waals surface area contributed by atoms with Gasteiger partial charge in [-0.1, -0.05) is 48.5 Å². The highest BCUT2D eigenvalue weighted by Crippen LogP contribution is 2.29. The third-order valence-corrected chi connectivity index (χ3v) is 5.12. The number of carbonyl (C=O) groups is 1. The van der Waals surface area contributed by atoms with Crippen molar-refractivity contribution in [2.24, 2.45) is 5.92 Å². The van der Waals surface area contributed by atoms with Crippen molar-refractivity contribution in [3.05, 3.63) is 70.8 Å². The van der Waals surface area contributed by atoms with E-state index in [-0.39, 0.29) is 18.3 Å². The Morgan fingerprint density at radius 1 is 0.957 bits per heavy atom. The number of rotatable bonds is 3. The molecule has 2 aromatic carbocycles. The van der Waals surface area contributed by atoms with Crippen molar-refractivity contribution in [2.75, 3.05) is 13.1 Å². The molecule has 4 rings (SSSR count). The Labute approximate surface area is 143 Å². The van der Waals surface area contributed by atoms with Gasteiger partial charge in [-0.3, -0.25) is 9.69 Å². The SMILES string of the molecule is Cl.O=C1c2ccccc2CC1CCN1CCc2ccccc2C1. The molecule has 0 fully saturated rings. The van der Waals surface area contributed by atoms with Crippen molar-refractivity contribution in [1.82, 2.24) is 4.90 Å². The Morgan fingerprint density at radius 2 is 1.65 bits per heavy atom. The average molecular weight is 328 g/mol. The van der Waals surface area contributed by atoms with Gasteiger partial charge in [0.15, 0.2) is 5.78 Å². The van der Waals surface area contributed by atoms with E-state index >= 15 is 0 Å². The molecule has 2 aliphatic rings. The number of nitrogens with zero attached hydrogens (tertiary/aromatic N) is 1. The molecule has 1 heterocycles. The van der Waals surface area contributed by atoms with E-state index in [4.69, 9.17) is 0 Å². The van der Waals surface area contributed by atoms with E-state index in [1.807, 2.05) is 18.2 Å². The van der Waals surface area contributed by atoms with Crippen LogP contribution in [-0.4, -0.2) is 23.8 Å². The largest absolute Gasteiger partial charge is 0.299 e. The standard InChI is InChI=1S/C20H21NO.ClH/c22-20-17(13-16-6-3-4-8-19(16)20)10-12-21-11-9-15-5-1-2-7-18(15)14-21;/h1-8,17H,9-14H2;1H. The second kappa shape index (κ2) is 6.86. The summed E-state index contributed by atoms with van der Waals surface area (Å²) in [5, 5.41) is 0. The molecule has 1 atom stereocenters. The normalized spacial score (nSPS) is 19.8. The molecule has 0 saturated carbocycles. The maximum Gasteiger partial charge on any atom is 0.166 e. The first-order valence-corrected chi connectivity index (χ1v) is 8.22. The van der Waals surface area contributed by atoms with E-state index in [1.54, 1.807) is 0 Å². The number of hydrogen-bond donors (Lipinski definition) is 0. The second-order valence-corrected chi connectivity index (χ2v) is 6.51. The van der Waals surface area contributed by atoms with Gasteiger partial charge >= 0.3 is 0 Å². The Hall–Kier alpha value is -1.64. The van der Waals surface area contributed by atoms with Crippen LogP contribution in [0.5, 0.6) is 0 Å². The lowest BCUT2D eigenvalue weighted by Crippen LogP contribution is -2.32. The average Bonchev–Trinajstić information content (AvgIpc) is 2.89. The highest BCUT2D eigenvalue weighted by Gasteiger charge is 2.30. The Balaban J connectivity index is 0.00000156. The fourth-order valence-corrected chi connectivity index (χ4v) is 3.83. The molecule has 3 heteroatoms. The van der Waals surface area contributed by atoms with Crippen molar-refractivity contribution in [3.63, 3.8) is 0 Å². The van der Waals surface area contributed by atoms with Gasteiger partial charge < -0.3 is 0 Å². The van der Waals surface area contributed by atoms with E-state index in [2.05, 4.69) is 35.2 Å². The zero-order valence-electron chi connectivity index (χ0n) is 13.2. The minimum absolute atomic E-state index is 0. The predicted molar refractivity (Wildman–Crippen MR) is 95.3 cm³/mol. The fourth-order valence-electron chi connectivity index (χ4n) is 3.83. The number of Topliss-reactive ketones (excluding diaryl/α,β-unsaturated/α-hetero) is 1. The third kappa shape index (κ3) is 3.19. The monoisotopic (exact) mass is 327 g/mol. The maximum absolute atomic E-state index is 12.4. The lowest BCUT2D eigenvalue weighted by atomic mass is 9.97. The minimum Gasteiger partial charge on any atom is -0.299 e. The molecule has 2 nitrogen and oxygen atoms in total. The molecule has 120 valence electrons. The fraction of sp³-hybridized carbons (Fsp3) is 0.350. The molecule has 1 aliphatic carbocycles. The molecule has 0 spiro atoms. The first kappa shape index (κ1) is 16.2. The summed E-state index contributed by atoms with van der Waals surface area (Å²) in [6, 6.07) is 16.8. The number of halogens is 1. The van der Waals surface area contributed by atoms with Gasteiger partial charge in [0, 0.05) is 24.6 Å². The van der Waals surface area contributed by atoms with E-state index in [1.165, 1.54) is 16.7 Å². The summed E-state index contributed by atoms with van der Waals surface area (Å²) in [4.78, 5) is 14.9. The molecule has 0 saturated heterocycles. The van der Waals surface area contributed by atoms with Crippen LogP contribution in [0.15, 0.2) is 48.5 Å². The van der Waals surface area contributed by atoms with Gasteiger partial charge in [-0.2, -0.15) is 0 Å². The summed E-state index contributed by atoms with van der Waals surface area (Å²) < 4.78 is 0. The van der Waals surface area contributed by atoms with Gasteiger partial charge in [-0.05, 0) is 42.5 Å². The Bertz CT molecular complexity index is 712. The van der Waals surface area contributed by atoms with Crippen LogP contribution in [0.2, 0.25) is 0 Å². The quantitative estimate of drug-likeness (QED) is 0.852. The van der Waals surface area contributed by atoms with Gasteiger partial charge in [0.25, 0.3) is 0 Å². The summed E-state index contributed by atoms with van der Waals surface area (Å²) in [6.07, 6.45) is 3.05. The lowest BCUT2D eigenvalue weighted by molar-refractivity contribution is 0.0919. The zero-order valence-corrected chi connectivity index (χ0v) is 14.0. The van der Waals surface area contributed by atoms with Gasteiger partial charge in [0.05, 0.1) is 0 Å². The second-order valence-electron chi connectivity index (χ2n) is 6.51. The van der Waals surface area contributed by atoms with Crippen LogP contribution in [0.1, 0.15) is 33.5 Å². The molecule has 0 amide bonds. The minimum atomic E-state index is 0. The summed E-state index contributed by atoms with van der Waals surface area (Å²) >= 11 is 0. The summed E-state index contributed by atoms with van der Waals surface area (Å²) in [5.41, 5.74) is 5.14. The van der Waals surface area contributed by atoms with Crippen molar-refractivity contribution in [3.8, 4) is 0 Å². The van der Waals surface area contributed by atoms with Gasteiger partial charge in [0.2, 0.25) is 0 Å². The first-order valence-electron chi connectivity index (χ1n) is 8.22. The van der Waals surface area contributed by atoms with Crippen LogP contribution >= 0.6 is 12.4 Å². The van der Waals surface area contributed by atoms with Crippen LogP contribution in [0.25, 0.3) is 0 Å². The number of hydrogen-bond acceptors (Lipinski definition) is 2. The van der Waals surface area contributed by atoms with E-state index in [0.717, 1.165) is 44.5 Å². The summed E-state index contributed by atoms with van der Waals surface area (Å²) in [5.74, 6) is 0.544. The predicted octanol–water partition coefficient (Wildman–Crippen LogP) is 3.91. The van der Waals surface area contributed by atoms with Crippen molar-refractivity contribution >= 4 is 18.2 Å². The third-order valence-electron chi connectivity index (χ3n) is 5.12. The van der Waals surface area contributed by atoms with E-state index in [9.17, 15) is 4.79 Å². The van der Waals surface area contributed by atoms with E-state index < -0.39 is 0 Å². The van der Waals surface area contributed by atoms with Crippen LogP contribution in [0.3, 0.4) is 0 Å². The number of benzene rings is 2. The molecule has 2 aromatic rings. The molecule has 1 unspecified atom stereocenters. The van der Waals surface area contributed by atoms with Crippen LogP contribution in [0.4, 0.5) is 0 Å². The molecular formula is C20H22ClNO. The Morgan fingerprint density at radius 3 is 2.43 bits per heavy atom. The van der Waals surface area contributed by atoms with Crippen LogP contribution in [-0.2, 0) is 19.4 Å². The molecule has 23 heavy (non-hydrogen) atoms. The van der Waals surface area contributed by atoms with Crippen molar-refractivity contribution < 1.29 is 4.79 Å². The molecule has 0 aromatic heterocycles. The summed E-state index contributed by atoms with van der Waals surface area (Å²) in [7, 11) is 0. The van der Waals surface area contributed by atoms with Crippen molar-refractivity contribution in [1.29, 1.82) is 0 Å². The number of ketones is 1. The van der Waals surface area contributed by atoms with Crippen molar-refractivity contribution in [2.45, 2.75) is 25.8 Å². The van der Waals surface area contributed by atoms with E-state index in [0.29, 0.717) is 5.78 Å². The van der Waals surface area contributed by atoms with Gasteiger partial charge in [-0.15, -0.1) is 12.4 Å². The lowest BCUT2D eigenvalue weighted by Gasteiger charge is -2.29. The smallest absolute Gasteiger partial charge is 0.166 e. The molecule has 0 radical (unpaired) electrons. The molecule has 0 N–H and O–H groups in total. The summed E-state index contributed by atoms with van der Waals surface area (Å²) in [6.45, 7) is 3.17. The van der Waals surface area contributed by atoms with Crippen LogP contribution < -0.4 is 0 Å². The highest BCUT2D eigenvalue weighted by molar-refractivity contribution is 6.02. The topological polar surface area (TPSA) is 20.3 Å². The number of carbonyl (C=O) groups excluding carboxylic acids is 1. The highest BCUT2D eigenvalue weighted by atomic mass is 35.5. The van der Waals surface area contributed by atoms with Gasteiger partial charge in [0.1, 0.15) is 0 Å². The maximum atomic E-state index is 12.4. The molecule has 0 bridgehead atoms. The number of fused-ring (bicyclic) bond motifs is 2. The zero-order chi connectivity index (χ0) is 14.9.